The van der Waals surface area contributed by atoms with Crippen LogP contribution in [0.5, 0.6) is 0 Å². The van der Waals surface area contributed by atoms with Crippen LogP contribution in [0.1, 0.15) is 45.4 Å². The van der Waals surface area contributed by atoms with Crippen LogP contribution in [0.3, 0.4) is 0 Å². The molecule has 0 bridgehead atoms. The molecule has 1 unspecified atom stereocenters. The first-order valence-corrected chi connectivity index (χ1v) is 7.37. The fraction of sp³-hybridized carbons (Fsp3) is 0.857. The summed E-state index contributed by atoms with van der Waals surface area (Å²) in [4.78, 5) is 26.9. The van der Waals surface area contributed by atoms with Gasteiger partial charge in [-0.15, -0.1) is 0 Å². The zero-order valence-corrected chi connectivity index (χ0v) is 11.5. The van der Waals surface area contributed by atoms with Crippen LogP contribution in [0, 0.1) is 0 Å². The quantitative estimate of drug-likeness (QED) is 0.764. The predicted molar refractivity (Wildman–Crippen MR) is 69.5 cm³/mol. The summed E-state index contributed by atoms with van der Waals surface area (Å²) in [5.74, 6) is 0.150. The molecule has 1 saturated carbocycles. The Hall–Kier alpha value is -1.10. The van der Waals surface area contributed by atoms with Gasteiger partial charge in [-0.25, -0.2) is 0 Å². The molecule has 3 fully saturated rings. The fourth-order valence-electron chi connectivity index (χ4n) is 3.71. The van der Waals surface area contributed by atoms with Crippen LogP contribution in [-0.2, 0) is 14.3 Å². The van der Waals surface area contributed by atoms with Crippen molar-refractivity contribution in [3.63, 3.8) is 0 Å². The van der Waals surface area contributed by atoms with Crippen molar-refractivity contribution < 1.29 is 14.3 Å². The molecule has 3 rings (SSSR count). The topological polar surface area (TPSA) is 58.6 Å². The molecule has 0 aromatic rings. The van der Waals surface area contributed by atoms with E-state index in [0.717, 1.165) is 38.5 Å². The van der Waals surface area contributed by atoms with Crippen molar-refractivity contribution in [3.05, 3.63) is 0 Å². The van der Waals surface area contributed by atoms with Crippen molar-refractivity contribution in [3.8, 4) is 0 Å². The molecule has 3 aliphatic rings. The number of ether oxygens (including phenoxy) is 1. The Bertz CT molecular complexity index is 384. The van der Waals surface area contributed by atoms with Gasteiger partial charge in [-0.2, -0.15) is 0 Å². The molecule has 1 atom stereocenters. The SMILES string of the molecule is CC1C(=O)NC2(CCCC2)C(=O)N1C1CCOCC1. The molecule has 19 heavy (non-hydrogen) atoms. The van der Waals surface area contributed by atoms with Gasteiger partial charge in [0.15, 0.2) is 0 Å². The number of nitrogens with zero attached hydrogens (tertiary/aromatic N) is 1. The third-order valence-corrected chi connectivity index (χ3v) is 4.84. The molecule has 2 heterocycles. The fourth-order valence-corrected chi connectivity index (χ4v) is 3.71. The van der Waals surface area contributed by atoms with Crippen LogP contribution in [0.25, 0.3) is 0 Å². The standard InChI is InChI=1S/C14H22N2O3/c1-10-12(17)15-14(6-2-3-7-14)13(18)16(10)11-4-8-19-9-5-11/h10-11H,2-9H2,1H3,(H,15,17). The molecule has 106 valence electrons. The van der Waals surface area contributed by atoms with Crippen molar-refractivity contribution in [1.82, 2.24) is 10.2 Å². The van der Waals surface area contributed by atoms with Gasteiger partial charge in [0.05, 0.1) is 0 Å². The molecular formula is C14H22N2O3. The first-order valence-electron chi connectivity index (χ1n) is 7.37. The van der Waals surface area contributed by atoms with E-state index in [-0.39, 0.29) is 23.9 Å². The Morgan fingerprint density at radius 1 is 1.21 bits per heavy atom. The Kier molecular flexibility index (Phi) is 3.25. The Balaban J connectivity index is 1.87. The predicted octanol–water partition coefficient (Wildman–Crippen LogP) is 0.825. The zero-order valence-electron chi connectivity index (χ0n) is 11.5. The lowest BCUT2D eigenvalue weighted by Crippen LogP contribution is -2.70. The summed E-state index contributed by atoms with van der Waals surface area (Å²) in [5.41, 5.74) is -0.595. The lowest BCUT2D eigenvalue weighted by Gasteiger charge is -2.47. The number of amides is 2. The molecule has 1 spiro atoms. The van der Waals surface area contributed by atoms with E-state index < -0.39 is 5.54 Å². The Morgan fingerprint density at radius 3 is 2.47 bits per heavy atom. The first-order chi connectivity index (χ1) is 9.14. The highest BCUT2D eigenvalue weighted by Gasteiger charge is 2.52. The van der Waals surface area contributed by atoms with E-state index in [2.05, 4.69) is 5.32 Å². The van der Waals surface area contributed by atoms with Crippen LogP contribution in [0.4, 0.5) is 0 Å². The van der Waals surface area contributed by atoms with Crippen LogP contribution < -0.4 is 5.32 Å². The number of rotatable bonds is 1. The summed E-state index contributed by atoms with van der Waals surface area (Å²) in [6, 6.07) is -0.179. The van der Waals surface area contributed by atoms with Crippen molar-refractivity contribution in [2.24, 2.45) is 0 Å². The van der Waals surface area contributed by atoms with E-state index in [1.807, 2.05) is 11.8 Å². The van der Waals surface area contributed by atoms with Gasteiger partial charge >= 0.3 is 0 Å². The van der Waals surface area contributed by atoms with Gasteiger partial charge < -0.3 is 15.0 Å². The number of hydrogen-bond acceptors (Lipinski definition) is 3. The number of hydrogen-bond donors (Lipinski definition) is 1. The maximum absolute atomic E-state index is 12.9. The van der Waals surface area contributed by atoms with Crippen LogP contribution in [-0.4, -0.2) is 47.6 Å². The average molecular weight is 266 g/mol. The minimum atomic E-state index is -0.595. The monoisotopic (exact) mass is 266 g/mol. The largest absolute Gasteiger partial charge is 0.381 e. The molecule has 1 N–H and O–H groups in total. The highest BCUT2D eigenvalue weighted by Crippen LogP contribution is 2.36. The zero-order chi connectivity index (χ0) is 13.5. The van der Waals surface area contributed by atoms with E-state index >= 15 is 0 Å². The van der Waals surface area contributed by atoms with Crippen LogP contribution in [0.15, 0.2) is 0 Å². The highest BCUT2D eigenvalue weighted by molar-refractivity contribution is 6.00. The summed E-state index contributed by atoms with van der Waals surface area (Å²) in [5, 5.41) is 3.00. The summed E-state index contributed by atoms with van der Waals surface area (Å²) >= 11 is 0. The van der Waals surface area contributed by atoms with Gasteiger partial charge in [0, 0.05) is 19.3 Å². The Morgan fingerprint density at radius 2 is 1.84 bits per heavy atom. The van der Waals surface area contributed by atoms with Gasteiger partial charge in [0.2, 0.25) is 11.8 Å². The van der Waals surface area contributed by atoms with Gasteiger partial charge in [-0.05, 0) is 32.6 Å². The smallest absolute Gasteiger partial charge is 0.249 e. The van der Waals surface area contributed by atoms with E-state index in [9.17, 15) is 9.59 Å². The number of nitrogens with one attached hydrogen (secondary N) is 1. The number of piperazine rings is 1. The molecular weight excluding hydrogens is 244 g/mol. The summed E-state index contributed by atoms with van der Waals surface area (Å²) in [7, 11) is 0. The molecule has 0 aromatic carbocycles. The maximum Gasteiger partial charge on any atom is 0.249 e. The maximum atomic E-state index is 12.9. The van der Waals surface area contributed by atoms with E-state index in [1.165, 1.54) is 0 Å². The van der Waals surface area contributed by atoms with Crippen molar-refractivity contribution in [2.75, 3.05) is 13.2 Å². The second-order valence-electron chi connectivity index (χ2n) is 6.01. The van der Waals surface area contributed by atoms with Gasteiger partial charge in [0.1, 0.15) is 11.6 Å². The molecule has 5 nitrogen and oxygen atoms in total. The Labute approximate surface area is 113 Å². The first kappa shape index (κ1) is 12.9. The highest BCUT2D eigenvalue weighted by atomic mass is 16.5. The van der Waals surface area contributed by atoms with Crippen molar-refractivity contribution >= 4 is 11.8 Å². The summed E-state index contributed by atoms with van der Waals surface area (Å²) in [6.07, 6.45) is 5.34. The second kappa shape index (κ2) is 4.78. The van der Waals surface area contributed by atoms with E-state index in [1.54, 1.807) is 0 Å². The minimum Gasteiger partial charge on any atom is -0.381 e. The van der Waals surface area contributed by atoms with Crippen molar-refractivity contribution in [2.45, 2.75) is 63.1 Å². The molecule has 2 aliphatic heterocycles. The van der Waals surface area contributed by atoms with Gasteiger partial charge in [-0.1, -0.05) is 12.8 Å². The average Bonchev–Trinajstić information content (AvgIpc) is 2.88. The van der Waals surface area contributed by atoms with Gasteiger partial charge in [0.25, 0.3) is 0 Å². The lowest BCUT2D eigenvalue weighted by molar-refractivity contribution is -0.159. The van der Waals surface area contributed by atoms with Crippen molar-refractivity contribution in [1.29, 1.82) is 0 Å². The van der Waals surface area contributed by atoms with Crippen LogP contribution >= 0.6 is 0 Å². The van der Waals surface area contributed by atoms with E-state index in [0.29, 0.717) is 13.2 Å². The third-order valence-electron chi connectivity index (χ3n) is 4.84. The number of carbonyl (C=O) groups excluding carboxylic acids is 2. The molecule has 2 saturated heterocycles. The molecule has 1 aliphatic carbocycles. The van der Waals surface area contributed by atoms with Gasteiger partial charge in [-0.3, -0.25) is 9.59 Å². The second-order valence-corrected chi connectivity index (χ2v) is 6.01. The molecule has 2 amide bonds. The molecule has 0 aromatic heterocycles. The van der Waals surface area contributed by atoms with E-state index in [4.69, 9.17) is 4.74 Å². The normalized spacial score (nSPS) is 31.8. The van der Waals surface area contributed by atoms with Crippen LogP contribution in [0.2, 0.25) is 0 Å². The molecule has 5 heteroatoms. The summed E-state index contributed by atoms with van der Waals surface area (Å²) in [6.45, 7) is 3.22. The number of carbonyl (C=O) groups is 2. The minimum absolute atomic E-state index is 0.00740. The molecule has 0 radical (unpaired) electrons. The lowest BCUT2D eigenvalue weighted by atomic mass is 9.89. The summed E-state index contributed by atoms with van der Waals surface area (Å²) < 4.78 is 5.37. The third kappa shape index (κ3) is 2.04.